The van der Waals surface area contributed by atoms with Crippen LogP contribution in [0.4, 0.5) is 0 Å². The molecule has 0 radical (unpaired) electrons. The molecular formula is C17H23NO2S. The Balaban J connectivity index is 1.91. The van der Waals surface area contributed by atoms with Crippen molar-refractivity contribution in [2.24, 2.45) is 11.8 Å². The third-order valence-electron chi connectivity index (χ3n) is 4.02. The number of amides is 1. The zero-order valence-corrected chi connectivity index (χ0v) is 13.6. The molecule has 2 unspecified atom stereocenters. The summed E-state index contributed by atoms with van der Waals surface area (Å²) in [6.45, 7) is 4.86. The molecule has 1 aliphatic rings. The second kappa shape index (κ2) is 7.63. The Bertz CT molecular complexity index is 553. The molecule has 1 heterocycles. The molecule has 2 atom stereocenters. The van der Waals surface area contributed by atoms with Crippen LogP contribution in [0.1, 0.15) is 52.7 Å². The fourth-order valence-electron chi connectivity index (χ4n) is 2.91. The monoisotopic (exact) mass is 305 g/mol. The molecule has 1 fully saturated rings. The van der Waals surface area contributed by atoms with Crippen molar-refractivity contribution in [2.75, 3.05) is 13.2 Å². The first-order valence-corrected chi connectivity index (χ1v) is 8.40. The molecule has 21 heavy (non-hydrogen) atoms. The molecule has 0 aliphatic heterocycles. The maximum atomic E-state index is 12.2. The van der Waals surface area contributed by atoms with Gasteiger partial charge >= 0.3 is 0 Å². The number of hydrogen-bond acceptors (Lipinski definition) is 3. The summed E-state index contributed by atoms with van der Waals surface area (Å²) >= 11 is 1.40. The second-order valence-corrected chi connectivity index (χ2v) is 6.98. The summed E-state index contributed by atoms with van der Waals surface area (Å²) in [5.41, 5.74) is 0.998. The van der Waals surface area contributed by atoms with Crippen LogP contribution < -0.4 is 5.32 Å². The molecule has 1 amide bonds. The van der Waals surface area contributed by atoms with Crippen molar-refractivity contribution in [3.8, 4) is 11.8 Å². The van der Waals surface area contributed by atoms with E-state index in [0.717, 1.165) is 22.9 Å². The van der Waals surface area contributed by atoms with Crippen molar-refractivity contribution in [2.45, 2.75) is 39.5 Å². The van der Waals surface area contributed by atoms with Crippen LogP contribution in [0.25, 0.3) is 0 Å². The van der Waals surface area contributed by atoms with E-state index >= 15 is 0 Å². The zero-order valence-electron chi connectivity index (χ0n) is 12.7. The van der Waals surface area contributed by atoms with Gasteiger partial charge in [-0.05, 0) is 43.2 Å². The van der Waals surface area contributed by atoms with Crippen LogP contribution >= 0.6 is 11.3 Å². The first-order valence-electron chi connectivity index (χ1n) is 7.58. The van der Waals surface area contributed by atoms with E-state index in [1.807, 2.05) is 13.0 Å². The molecule has 0 bridgehead atoms. The van der Waals surface area contributed by atoms with Crippen LogP contribution in [-0.2, 0) is 0 Å². The average molecular weight is 305 g/mol. The number of hydrogen-bond donors (Lipinski definition) is 2. The van der Waals surface area contributed by atoms with Crippen LogP contribution in [0.2, 0.25) is 0 Å². The fourth-order valence-corrected chi connectivity index (χ4v) is 3.87. The number of aliphatic hydroxyl groups excluding tert-OH is 1. The first-order chi connectivity index (χ1) is 10.1. The topological polar surface area (TPSA) is 49.3 Å². The highest BCUT2D eigenvalue weighted by atomic mass is 32.1. The van der Waals surface area contributed by atoms with E-state index in [4.69, 9.17) is 5.11 Å². The average Bonchev–Trinajstić information content (AvgIpc) is 2.84. The van der Waals surface area contributed by atoms with Gasteiger partial charge in [-0.15, -0.1) is 11.3 Å². The third-order valence-corrected chi connectivity index (χ3v) is 5.17. The molecule has 2 N–H and O–H groups in total. The van der Waals surface area contributed by atoms with Crippen LogP contribution in [0, 0.1) is 30.6 Å². The molecule has 3 nitrogen and oxygen atoms in total. The van der Waals surface area contributed by atoms with Gasteiger partial charge < -0.3 is 10.4 Å². The summed E-state index contributed by atoms with van der Waals surface area (Å²) < 4.78 is 0. The van der Waals surface area contributed by atoms with Crippen molar-refractivity contribution >= 4 is 17.2 Å². The summed E-state index contributed by atoms with van der Waals surface area (Å²) in [6, 6.07) is 1.88. The normalized spacial score (nSPS) is 21.5. The summed E-state index contributed by atoms with van der Waals surface area (Å²) in [6.07, 6.45) is 5.04. The maximum Gasteiger partial charge on any atom is 0.261 e. The van der Waals surface area contributed by atoms with Crippen LogP contribution in [0.15, 0.2) is 6.07 Å². The van der Waals surface area contributed by atoms with Crippen LogP contribution in [-0.4, -0.2) is 24.2 Å². The van der Waals surface area contributed by atoms with Gasteiger partial charge in [-0.25, -0.2) is 0 Å². The molecule has 0 aromatic carbocycles. The lowest BCUT2D eigenvalue weighted by Gasteiger charge is -2.26. The first kappa shape index (κ1) is 16.1. The standard InChI is InChI=1S/C17H23NO2S/c1-12-5-3-6-14(9-12)11-18-17(20)16-10-13(2)15(21-16)7-4-8-19/h10,12,14,19H,3,5-6,8-9,11H2,1-2H3,(H,18,20). The number of nitrogens with one attached hydrogen (secondary N) is 1. The highest BCUT2D eigenvalue weighted by Crippen LogP contribution is 2.28. The van der Waals surface area contributed by atoms with Gasteiger partial charge in [0.2, 0.25) is 0 Å². The van der Waals surface area contributed by atoms with E-state index < -0.39 is 0 Å². The minimum absolute atomic E-state index is 0.00150. The Morgan fingerprint density at radius 2 is 2.33 bits per heavy atom. The van der Waals surface area contributed by atoms with E-state index in [0.29, 0.717) is 10.8 Å². The van der Waals surface area contributed by atoms with Gasteiger partial charge in [0.05, 0.1) is 9.75 Å². The molecule has 2 rings (SSSR count). The largest absolute Gasteiger partial charge is 0.384 e. The minimum atomic E-state index is -0.154. The Morgan fingerprint density at radius 3 is 3.05 bits per heavy atom. The molecule has 1 aromatic rings. The van der Waals surface area contributed by atoms with Crippen LogP contribution in [0.3, 0.4) is 0 Å². The SMILES string of the molecule is Cc1cc(C(=O)NCC2CCCC(C)C2)sc1C#CCO. The van der Waals surface area contributed by atoms with E-state index in [1.165, 1.54) is 37.0 Å². The number of carbonyl (C=O) groups is 1. The zero-order chi connectivity index (χ0) is 15.2. The molecular weight excluding hydrogens is 282 g/mol. The fraction of sp³-hybridized carbons (Fsp3) is 0.588. The quantitative estimate of drug-likeness (QED) is 0.844. The third kappa shape index (κ3) is 4.59. The van der Waals surface area contributed by atoms with Gasteiger partial charge in [0, 0.05) is 6.54 Å². The Hall–Kier alpha value is -1.31. The van der Waals surface area contributed by atoms with Crippen molar-refractivity contribution in [3.05, 3.63) is 21.4 Å². The number of aliphatic hydroxyl groups is 1. The van der Waals surface area contributed by atoms with Gasteiger partial charge in [-0.2, -0.15) is 0 Å². The van der Waals surface area contributed by atoms with E-state index in [-0.39, 0.29) is 12.5 Å². The number of rotatable bonds is 3. The minimum Gasteiger partial charge on any atom is -0.384 e. The lowest BCUT2D eigenvalue weighted by atomic mass is 9.82. The van der Waals surface area contributed by atoms with E-state index in [9.17, 15) is 4.79 Å². The summed E-state index contributed by atoms with van der Waals surface area (Å²) in [5, 5.41) is 11.8. The highest BCUT2D eigenvalue weighted by molar-refractivity contribution is 7.14. The molecule has 0 saturated heterocycles. The number of aryl methyl sites for hydroxylation is 1. The van der Waals surface area contributed by atoms with Gasteiger partial charge in [0.1, 0.15) is 6.61 Å². The molecule has 114 valence electrons. The van der Waals surface area contributed by atoms with Gasteiger partial charge in [-0.3, -0.25) is 4.79 Å². The molecule has 1 aromatic heterocycles. The molecule has 0 spiro atoms. The Morgan fingerprint density at radius 1 is 1.52 bits per heavy atom. The van der Waals surface area contributed by atoms with Gasteiger partial charge in [0.25, 0.3) is 5.91 Å². The van der Waals surface area contributed by atoms with Crippen molar-refractivity contribution in [1.29, 1.82) is 0 Å². The summed E-state index contributed by atoms with van der Waals surface area (Å²) in [5.74, 6) is 6.92. The van der Waals surface area contributed by atoms with Crippen molar-refractivity contribution in [1.82, 2.24) is 5.32 Å². The lowest BCUT2D eigenvalue weighted by Crippen LogP contribution is -2.31. The van der Waals surface area contributed by atoms with E-state index in [2.05, 4.69) is 24.1 Å². The Kier molecular flexibility index (Phi) is 5.84. The van der Waals surface area contributed by atoms with Gasteiger partial charge in [0.15, 0.2) is 0 Å². The van der Waals surface area contributed by atoms with E-state index in [1.54, 1.807) is 0 Å². The maximum absolute atomic E-state index is 12.2. The molecule has 1 aliphatic carbocycles. The summed E-state index contributed by atoms with van der Waals surface area (Å²) in [4.78, 5) is 13.8. The van der Waals surface area contributed by atoms with Crippen molar-refractivity contribution < 1.29 is 9.90 Å². The summed E-state index contributed by atoms with van der Waals surface area (Å²) in [7, 11) is 0. The predicted octanol–water partition coefficient (Wildman–Crippen LogP) is 2.96. The number of thiophene rings is 1. The molecule has 4 heteroatoms. The highest BCUT2D eigenvalue weighted by Gasteiger charge is 2.20. The van der Waals surface area contributed by atoms with Crippen LogP contribution in [0.5, 0.6) is 0 Å². The molecule has 1 saturated carbocycles. The van der Waals surface area contributed by atoms with Crippen molar-refractivity contribution in [3.63, 3.8) is 0 Å². The Labute approximate surface area is 130 Å². The predicted molar refractivity (Wildman–Crippen MR) is 86.5 cm³/mol. The van der Waals surface area contributed by atoms with Gasteiger partial charge in [-0.1, -0.05) is 31.6 Å². The second-order valence-electron chi connectivity index (χ2n) is 5.93. The number of carbonyl (C=O) groups excluding carboxylic acids is 1. The smallest absolute Gasteiger partial charge is 0.261 e. The lowest BCUT2D eigenvalue weighted by molar-refractivity contribution is 0.0944.